The number of ether oxygens (including phenoxy) is 2. The number of nitrogens with zero attached hydrogens (tertiary/aromatic N) is 5. The molecule has 0 unspecified atom stereocenters. The molecule has 0 radical (unpaired) electrons. The first-order valence-electron chi connectivity index (χ1n) is 38.4. The zero-order valence-corrected chi connectivity index (χ0v) is 73.6. The standard InChI is InChI=1S/C38H68BrNO6SSi2.C38H68N4O6SSi2/c1-13-48(14-2,15-3)45-34-24-35(42)44-33(27(8)22-30-25-47-29(10)40-30)23-31(39)32(41)21-19-20-26(7)36(28(9)37(43)38(34,11)12)46-49(16-4,17-5)18-6;1-13-50(14-2,15-3)47-34-24-35(44)46-33(27(8)22-30-25-49-29(10)40-30)23-31(41-42-39)32(43)21-19-20-26(7)36(28(9)37(45)38(34,11)12)48-51(16-4,17-5)18-6/h22,25-26,28,31-34,36,41H,13-21,23-24H2,1-12H3;22,25-26,28,31-34,36,43H,13-21,23-24H2,1-12H3/b2*27-22+/t26-,28+,31+,32+,33-,34-,36-;26-,28+,31-,32+,33-,34-,36-/m00/s1. The van der Waals surface area contributed by atoms with Gasteiger partial charge < -0.3 is 37.4 Å². The Morgan fingerprint density at radius 3 is 1.20 bits per heavy atom. The van der Waals surface area contributed by atoms with Gasteiger partial charge in [-0.3, -0.25) is 19.2 Å². The summed E-state index contributed by atoms with van der Waals surface area (Å²) in [6.07, 6.45) is 3.48. The fourth-order valence-corrected chi connectivity index (χ4v) is 28.9. The van der Waals surface area contributed by atoms with Crippen LogP contribution in [0.15, 0.2) is 27.0 Å². The van der Waals surface area contributed by atoms with Crippen LogP contribution in [-0.2, 0) is 46.4 Å². The van der Waals surface area contributed by atoms with Crippen molar-refractivity contribution >= 4 is 108 Å². The maximum absolute atomic E-state index is 14.9. The molecule has 0 saturated carbocycles. The zero-order valence-electron chi connectivity index (χ0n) is 66.4. The topological polar surface area (TPSA) is 239 Å². The summed E-state index contributed by atoms with van der Waals surface area (Å²) in [5.41, 5.74) is 10.7. The Bertz CT molecular complexity index is 2910. The molecule has 2 fully saturated rings. The lowest BCUT2D eigenvalue weighted by atomic mass is 9.73. The first-order valence-corrected chi connectivity index (χ1v) is 51.2. The van der Waals surface area contributed by atoms with E-state index in [4.69, 9.17) is 27.2 Å². The number of halogens is 1. The van der Waals surface area contributed by atoms with Crippen LogP contribution in [0.3, 0.4) is 0 Å². The van der Waals surface area contributed by atoms with Crippen LogP contribution < -0.4 is 0 Å². The Hall–Kier alpha value is -2.56. The van der Waals surface area contributed by atoms with E-state index in [2.05, 4.69) is 133 Å². The summed E-state index contributed by atoms with van der Waals surface area (Å²) >= 11 is 6.87. The second-order valence-corrected chi connectivity index (χ2v) is 52.7. The largest absolute Gasteiger partial charge is 0.458 e. The molecule has 100 heavy (non-hydrogen) atoms. The van der Waals surface area contributed by atoms with Gasteiger partial charge in [0.2, 0.25) is 0 Å². The summed E-state index contributed by atoms with van der Waals surface area (Å²) in [6, 6.07) is 10.4. The molecule has 0 amide bonds. The predicted octanol–water partition coefficient (Wildman–Crippen LogP) is 20.9. The second-order valence-electron chi connectivity index (χ2n) is 30.5. The van der Waals surface area contributed by atoms with Gasteiger partial charge in [-0.05, 0) is 173 Å². The Morgan fingerprint density at radius 2 is 0.890 bits per heavy atom. The maximum Gasteiger partial charge on any atom is 0.309 e. The van der Waals surface area contributed by atoms with E-state index in [1.54, 1.807) is 11.3 Å². The predicted molar refractivity (Wildman–Crippen MR) is 427 cm³/mol. The van der Waals surface area contributed by atoms with Gasteiger partial charge in [-0.1, -0.05) is 172 Å². The fraction of sp³-hybridized carbons (Fsp3) is 0.816. The normalized spacial score (nSPS) is 28.3. The quantitative estimate of drug-likeness (QED) is 0.0235. The monoisotopic (exact) mass is 1570 g/mol. The number of azide groups is 1. The summed E-state index contributed by atoms with van der Waals surface area (Å²) < 4.78 is 41.1. The molecule has 0 aromatic carbocycles. The van der Waals surface area contributed by atoms with E-state index in [0.29, 0.717) is 25.7 Å². The number of esters is 2. The Morgan fingerprint density at radius 1 is 0.570 bits per heavy atom. The van der Waals surface area contributed by atoms with Crippen LogP contribution >= 0.6 is 38.6 Å². The molecular formula is C76H136BrN5O12S2Si4. The van der Waals surface area contributed by atoms with E-state index in [-0.39, 0.29) is 65.6 Å². The maximum atomic E-state index is 14.9. The van der Waals surface area contributed by atoms with Gasteiger partial charge in [-0.15, -0.1) is 22.7 Å². The smallest absolute Gasteiger partial charge is 0.309 e. The molecule has 4 rings (SSSR count). The van der Waals surface area contributed by atoms with Crippen molar-refractivity contribution in [2.75, 3.05) is 0 Å². The summed E-state index contributed by atoms with van der Waals surface area (Å²) in [5, 5.41) is 32.5. The van der Waals surface area contributed by atoms with Crippen molar-refractivity contribution in [1.82, 2.24) is 9.97 Å². The number of thiazole rings is 2. The van der Waals surface area contributed by atoms with Crippen LogP contribution in [-0.4, -0.2) is 137 Å². The average Bonchev–Trinajstić information content (AvgIpc) is 0.875. The first kappa shape index (κ1) is 91.6. The van der Waals surface area contributed by atoms with Crippen LogP contribution in [0.5, 0.6) is 0 Å². The highest BCUT2D eigenvalue weighted by Gasteiger charge is 2.51. The van der Waals surface area contributed by atoms with Crippen molar-refractivity contribution in [3.8, 4) is 0 Å². The molecule has 14 atom stereocenters. The van der Waals surface area contributed by atoms with Crippen molar-refractivity contribution in [3.63, 3.8) is 0 Å². The van der Waals surface area contributed by atoms with Crippen molar-refractivity contribution in [2.45, 2.75) is 363 Å². The third kappa shape index (κ3) is 25.6. The van der Waals surface area contributed by atoms with Gasteiger partial charge in [0, 0.05) is 49.6 Å². The Kier molecular flexibility index (Phi) is 39.1. The SMILES string of the molecule is CC[Si](CC)(CC)O[C@H]1[C@@H](C)CCC[C@@H](O)[C@@H](N=[N+]=[N-])C[C@@H](/C(C)=C/c2csc(C)n2)OC(=O)C[C@H](O[Si](CC)(CC)CC)C(C)(C)C(=O)[C@@H]1C.CC[Si](CC)(CC)O[C@H]1[C@@H](C)CCC[C@@H](O)[C@H](Br)C[C@@H](/C(C)=C/c2csc(C)n2)OC(=O)C[C@H](O[Si](CC)(CC)CC)C(C)(C)C(=O)[C@@H]1C. The van der Waals surface area contributed by atoms with E-state index in [1.807, 2.05) is 92.1 Å². The second kappa shape index (κ2) is 42.7. The third-order valence-electron chi connectivity index (χ3n) is 23.7. The summed E-state index contributed by atoms with van der Waals surface area (Å²) in [7, 11) is -8.70. The number of aliphatic hydroxyl groups excluding tert-OH is 2. The number of carbonyl (C=O) groups is 4. The number of hydrogen-bond acceptors (Lipinski definition) is 17. The third-order valence-corrected chi connectivity index (χ3v) is 44.8. The molecule has 2 N–H and O–H groups in total. The lowest BCUT2D eigenvalue weighted by Gasteiger charge is -2.44. The molecule has 17 nitrogen and oxygen atoms in total. The van der Waals surface area contributed by atoms with Gasteiger partial charge >= 0.3 is 11.9 Å². The van der Waals surface area contributed by atoms with E-state index < -0.39 is 105 Å². The van der Waals surface area contributed by atoms with Crippen LogP contribution in [0.4, 0.5) is 0 Å². The number of rotatable bonds is 25. The van der Waals surface area contributed by atoms with Crippen LogP contribution in [0.2, 0.25) is 72.5 Å². The summed E-state index contributed by atoms with van der Waals surface area (Å²) in [6.45, 7) is 50.1. The van der Waals surface area contributed by atoms with Gasteiger partial charge in [0.05, 0.1) is 76.9 Å². The Balaban J connectivity index is 0.000000521. The van der Waals surface area contributed by atoms with Crippen LogP contribution in [0, 0.1) is 48.3 Å². The van der Waals surface area contributed by atoms with E-state index in [1.165, 1.54) is 11.3 Å². The molecule has 2 saturated heterocycles. The fourth-order valence-electron chi connectivity index (χ4n) is 15.1. The van der Waals surface area contributed by atoms with E-state index in [9.17, 15) is 34.9 Å². The minimum Gasteiger partial charge on any atom is -0.458 e. The number of aliphatic hydroxyl groups is 2. The van der Waals surface area contributed by atoms with Gasteiger partial charge in [-0.2, -0.15) is 0 Å². The number of ketones is 2. The number of aromatic nitrogens is 2. The highest BCUT2D eigenvalue weighted by Crippen LogP contribution is 2.43. The summed E-state index contributed by atoms with van der Waals surface area (Å²) in [5.74, 6) is -1.44. The van der Waals surface area contributed by atoms with Gasteiger partial charge in [-0.25, -0.2) is 9.97 Å². The molecule has 4 heterocycles. The molecular weight excluding hydrogens is 1430 g/mol. The molecule has 2 aliphatic heterocycles. The van der Waals surface area contributed by atoms with Crippen molar-refractivity contribution in [1.29, 1.82) is 0 Å². The first-order chi connectivity index (χ1) is 47.0. The molecule has 2 aromatic rings. The number of cyclic esters (lactones) is 2. The Labute approximate surface area is 625 Å². The van der Waals surface area contributed by atoms with E-state index >= 15 is 0 Å². The number of Topliss-reactive ketones (excluding diaryl/α,β-unsaturated/α-hetero) is 2. The molecule has 0 aliphatic carbocycles. The van der Waals surface area contributed by atoms with Crippen molar-refractivity contribution in [2.24, 2.45) is 39.6 Å². The molecule has 24 heteroatoms. The molecule has 572 valence electrons. The van der Waals surface area contributed by atoms with Crippen LogP contribution in [0.1, 0.15) is 238 Å². The molecule has 2 aromatic heterocycles. The van der Waals surface area contributed by atoms with Crippen LogP contribution in [0.25, 0.3) is 22.6 Å². The highest BCUT2D eigenvalue weighted by molar-refractivity contribution is 9.09. The minimum atomic E-state index is -2.29. The molecule has 2 aliphatic rings. The number of carbonyl (C=O) groups excluding carboxylic acids is 4. The minimum absolute atomic E-state index is 0.0199. The van der Waals surface area contributed by atoms with Crippen molar-refractivity contribution < 1.29 is 56.6 Å². The number of alkyl halides is 1. The van der Waals surface area contributed by atoms with Crippen molar-refractivity contribution in [3.05, 3.63) is 53.8 Å². The zero-order chi connectivity index (χ0) is 75.7. The van der Waals surface area contributed by atoms with Gasteiger partial charge in [0.25, 0.3) is 0 Å². The highest BCUT2D eigenvalue weighted by atomic mass is 79.9. The lowest BCUT2D eigenvalue weighted by molar-refractivity contribution is -0.155. The van der Waals surface area contributed by atoms with Gasteiger partial charge in [0.1, 0.15) is 23.8 Å². The van der Waals surface area contributed by atoms with Gasteiger partial charge in [0.15, 0.2) is 33.3 Å². The summed E-state index contributed by atoms with van der Waals surface area (Å²) in [4.78, 5) is 69.9. The number of hydrogen-bond donors (Lipinski definition) is 2. The number of aryl methyl sites for hydroxylation is 2. The lowest BCUT2D eigenvalue weighted by Crippen LogP contribution is -2.53. The molecule has 0 bridgehead atoms. The average molecular weight is 1570 g/mol. The van der Waals surface area contributed by atoms with E-state index in [0.717, 1.165) is 124 Å². The molecule has 0 spiro atoms.